The van der Waals surface area contributed by atoms with Crippen LogP contribution in [0.3, 0.4) is 0 Å². The summed E-state index contributed by atoms with van der Waals surface area (Å²) in [5, 5.41) is 64.6. The number of carboxylic acids is 1. The Morgan fingerprint density at radius 1 is 0.486 bits per heavy atom. The van der Waals surface area contributed by atoms with Crippen LogP contribution >= 0.6 is 25.3 Å². The van der Waals surface area contributed by atoms with E-state index in [1.54, 1.807) is 105 Å². The predicted octanol–water partition coefficient (Wildman–Crippen LogP) is -5.16. The van der Waals surface area contributed by atoms with Gasteiger partial charge in [-0.05, 0) is 125 Å². The Hall–Kier alpha value is -14.3. The molecule has 3 aliphatic rings. The fraction of sp³-hybridized carbons (Fsp3) is 0.500. The van der Waals surface area contributed by atoms with Crippen molar-refractivity contribution < 1.29 is 106 Å². The maximum absolute atomic E-state index is 15.5. The van der Waals surface area contributed by atoms with Gasteiger partial charge < -0.3 is 133 Å². The van der Waals surface area contributed by atoms with E-state index in [1.165, 1.54) is 60.4 Å². The minimum atomic E-state index is -1.86. The molecule has 16 atom stereocenters. The number of carbonyl (C=O) groups excluding carboxylic acids is 18. The summed E-state index contributed by atoms with van der Waals surface area (Å²) in [6.45, 7) is 6.08. The second-order valence-electron chi connectivity index (χ2n) is 36.1. The second kappa shape index (κ2) is 55.1. The molecule has 8 rings (SSSR count). The molecule has 0 bridgehead atoms. The number of aromatic amines is 1. The molecule has 27 N–H and O–H groups in total. The average molecular weight is 2010 g/mol. The molecule has 0 aliphatic carbocycles. The van der Waals surface area contributed by atoms with E-state index in [2.05, 4.69) is 109 Å². The molecule has 18 amide bonds. The number of carboxylic acid groups (broad SMARTS) is 1. The number of primary amides is 2. The number of hydrogen-bond acceptors (Lipinski definition) is 26. The van der Waals surface area contributed by atoms with Crippen molar-refractivity contribution in [1.82, 2.24) is 93.8 Å². The zero-order valence-corrected chi connectivity index (χ0v) is 81.3. The van der Waals surface area contributed by atoms with E-state index < -0.39 is 239 Å². The molecule has 0 radical (unpaired) electrons. The number of H-pyrrole nitrogens is 1. The van der Waals surface area contributed by atoms with Gasteiger partial charge in [0.05, 0.1) is 38.0 Å². The first-order valence-electron chi connectivity index (χ1n) is 46.7. The molecular formula is C94H130N24O22S2. The van der Waals surface area contributed by atoms with E-state index >= 15 is 28.8 Å². The maximum Gasteiger partial charge on any atom is 0.326 e. The first-order valence-corrected chi connectivity index (χ1v) is 47.7. The highest BCUT2D eigenvalue weighted by Gasteiger charge is 2.46. The zero-order valence-electron chi connectivity index (χ0n) is 79.5. The number of nitrogens with one attached hydrogen (secondary N) is 14. The lowest BCUT2D eigenvalue weighted by Gasteiger charge is -2.33. The number of guanidine groups is 1. The standard InChI is InChI=1S/C94H130N24O22S2/c1-51(2)39-61(81(128)111-67(43-56-29-31-58(120)32-30-56)91(138)118-38-17-27-70(118)87(134)113-68(49-141)85(132)109-65(45-73(97)122)79(126)103-48-75(124)116-36-18-28-71(116)92(139)140)110-86(133)69-26-16-37-117(69)90(137)66(42-55-23-13-8-14-24-55)112-82(129)62(40-53-19-9-6-10-20-53)108-83(130)64(44-57-46-100-50-104-57)105-74(123)47-102-88(135)76(52(3)119)114-89(136)77(94(4,5)142)115-84(131)63(41-54-21-11-7-12-22-54)107-80(127)60(25-15-35-101-93(98)99)106-78(125)59(95)33-34-72(96)121/h6-14,19-24,29-32,46,50-52,59-71,76-77,119-120,141-142H,15-18,25-28,33-45,47-49,95H2,1-5H3,(H2,96,121)(H2,97,122)(H,100,104)(H,102,135)(H,103,126)(H,105,123)(H,106,125)(H,107,127)(H,108,130)(H,109,132)(H,110,133)(H,111,128)(H,112,129)(H,113,134)(H,114,136)(H,115,131)(H,139,140)(H4,98,99,101)/t52-,59+,60+,61+,62+,63+,64+,65+,66-,67+,68+,69-,70+,71+,76+,77-/m1/s1. The molecule has 0 unspecified atom stereocenters. The summed E-state index contributed by atoms with van der Waals surface area (Å²) in [5.74, 6) is -18.6. The van der Waals surface area contributed by atoms with Gasteiger partial charge in [0.15, 0.2) is 5.96 Å². The number of likely N-dealkylation sites (tertiary alicyclic amines) is 3. The summed E-state index contributed by atoms with van der Waals surface area (Å²) in [5.41, 5.74) is 30.1. The van der Waals surface area contributed by atoms with Crippen molar-refractivity contribution in [2.45, 2.75) is 245 Å². The largest absolute Gasteiger partial charge is 0.508 e. The number of aliphatic carboxylic acids is 1. The molecule has 770 valence electrons. The van der Waals surface area contributed by atoms with Crippen molar-refractivity contribution >= 4 is 144 Å². The quantitative estimate of drug-likeness (QED) is 0.00749. The van der Waals surface area contributed by atoms with Crippen molar-refractivity contribution in [3.05, 3.63) is 156 Å². The topological polar surface area (TPSA) is 722 Å². The van der Waals surface area contributed by atoms with Crippen LogP contribution in [0, 0.1) is 5.92 Å². The van der Waals surface area contributed by atoms with Crippen LogP contribution in [0.25, 0.3) is 0 Å². The Morgan fingerprint density at radius 2 is 0.930 bits per heavy atom. The first-order chi connectivity index (χ1) is 67.4. The van der Waals surface area contributed by atoms with Crippen LogP contribution < -0.4 is 97.8 Å². The number of carbonyl (C=O) groups is 19. The number of benzene rings is 4. The number of nitrogens with zero attached hydrogens (tertiary/aromatic N) is 5. The first kappa shape index (κ1) is 113. The van der Waals surface area contributed by atoms with E-state index in [-0.39, 0.29) is 140 Å². The van der Waals surface area contributed by atoms with Gasteiger partial charge in [0.25, 0.3) is 0 Å². The number of aliphatic hydroxyl groups is 1. The molecule has 5 aromatic rings. The van der Waals surface area contributed by atoms with Crippen LogP contribution in [0.1, 0.15) is 140 Å². The van der Waals surface area contributed by atoms with Crippen LogP contribution in [0.5, 0.6) is 5.75 Å². The zero-order chi connectivity index (χ0) is 104. The third kappa shape index (κ3) is 35.5. The van der Waals surface area contributed by atoms with Crippen molar-refractivity contribution in [1.29, 1.82) is 0 Å². The highest BCUT2D eigenvalue weighted by molar-refractivity contribution is 7.81. The highest BCUT2D eigenvalue weighted by Crippen LogP contribution is 2.26. The number of hydrogen-bond donors (Lipinski definition) is 24. The Bertz CT molecular complexity index is 5250. The van der Waals surface area contributed by atoms with Gasteiger partial charge >= 0.3 is 5.97 Å². The summed E-state index contributed by atoms with van der Waals surface area (Å²) in [7, 11) is 0. The monoisotopic (exact) mass is 2010 g/mol. The molecule has 0 spiro atoms. The fourth-order valence-corrected chi connectivity index (χ4v) is 16.9. The highest BCUT2D eigenvalue weighted by atomic mass is 32.1. The summed E-state index contributed by atoms with van der Waals surface area (Å²) >= 11 is 8.90. The van der Waals surface area contributed by atoms with E-state index in [9.17, 15) is 77.6 Å². The van der Waals surface area contributed by atoms with Crippen molar-refractivity contribution in [2.75, 3.05) is 45.0 Å². The van der Waals surface area contributed by atoms with Gasteiger partial charge in [-0.25, -0.2) is 9.78 Å². The van der Waals surface area contributed by atoms with Gasteiger partial charge in [0.1, 0.15) is 90.3 Å². The molecule has 0 saturated carbocycles. The van der Waals surface area contributed by atoms with Gasteiger partial charge in [0, 0.05) is 87.1 Å². The molecule has 3 aliphatic heterocycles. The molecule has 3 fully saturated rings. The van der Waals surface area contributed by atoms with Gasteiger partial charge in [-0.15, -0.1) is 0 Å². The number of aromatic nitrogens is 2. The van der Waals surface area contributed by atoms with Gasteiger partial charge in [-0.3, -0.25) is 91.3 Å². The van der Waals surface area contributed by atoms with Gasteiger partial charge in [-0.2, -0.15) is 25.3 Å². The summed E-state index contributed by atoms with van der Waals surface area (Å²) < 4.78 is -1.49. The van der Waals surface area contributed by atoms with E-state index in [0.29, 0.717) is 34.4 Å². The van der Waals surface area contributed by atoms with Crippen LogP contribution in [0.15, 0.2) is 133 Å². The molecule has 1 aromatic heterocycles. The smallest absolute Gasteiger partial charge is 0.326 e. The number of amides is 18. The van der Waals surface area contributed by atoms with Crippen LogP contribution in [-0.4, -0.2) is 305 Å². The molecule has 46 nitrogen and oxygen atoms in total. The Balaban J connectivity index is 0.958. The molecular weight excluding hydrogens is 1880 g/mol. The van der Waals surface area contributed by atoms with Crippen molar-refractivity contribution in [3.8, 4) is 5.75 Å². The number of imidazole rings is 1. The van der Waals surface area contributed by atoms with E-state index in [1.807, 2.05) is 0 Å². The number of aliphatic imine (C=N–C) groups is 1. The molecule has 142 heavy (non-hydrogen) atoms. The number of aromatic hydroxyl groups is 1. The van der Waals surface area contributed by atoms with Crippen LogP contribution in [0.2, 0.25) is 0 Å². The normalized spacial score (nSPS) is 17.2. The fourth-order valence-electron chi connectivity index (χ4n) is 16.4. The second-order valence-corrected chi connectivity index (χ2v) is 37.6. The third-order valence-electron chi connectivity index (χ3n) is 23.9. The lowest BCUT2D eigenvalue weighted by Crippen LogP contribution is -2.64. The minimum absolute atomic E-state index is 0.0241. The molecule has 3 saturated heterocycles. The Labute approximate surface area is 830 Å². The van der Waals surface area contributed by atoms with Crippen LogP contribution in [0.4, 0.5) is 0 Å². The van der Waals surface area contributed by atoms with Crippen LogP contribution in [-0.2, 0) is 123 Å². The number of phenolic OH excluding ortho intramolecular Hbond substituents is 1. The molecule has 4 heterocycles. The summed E-state index contributed by atoms with van der Waals surface area (Å²) in [6, 6.07) is 9.08. The SMILES string of the molecule is CC(C)C[C@H](NC(=O)[C@H]1CCCN1C(=O)[C@@H](Cc1ccccc1)NC(=O)[C@H](Cc1ccccc1)NC(=O)[C@H](Cc1cnc[nH]1)NC(=O)CNC(=O)[C@@H](NC(=O)[C@@H](NC(=O)[C@H](Cc1ccccc1)NC(=O)[C@H](CCCN=C(N)N)NC(=O)[C@@H](N)CCC(N)=O)C(C)(C)S)[C@@H](C)O)C(=O)N[C@@H](Cc1ccc(O)cc1)C(=O)N1CCC[C@H]1C(=O)N[C@@H](CS)C(=O)N[C@@H](CC(N)=O)C(=O)NCC(=O)N1CCC[C@H]1C(=O)O. The summed E-state index contributed by atoms with van der Waals surface area (Å²) in [6.07, 6.45) is -0.0836. The molecule has 48 heteroatoms. The van der Waals surface area contributed by atoms with Crippen molar-refractivity contribution in [3.63, 3.8) is 0 Å². The number of thiol groups is 2. The third-order valence-corrected chi connectivity index (χ3v) is 24.5. The minimum Gasteiger partial charge on any atom is -0.508 e. The Kier molecular flexibility index (Phi) is 43.8. The number of nitrogens with two attached hydrogens (primary N) is 5. The number of rotatable bonds is 54. The predicted molar refractivity (Wildman–Crippen MR) is 522 cm³/mol. The van der Waals surface area contributed by atoms with Crippen molar-refractivity contribution in [2.24, 2.45) is 39.6 Å². The number of phenols is 1. The number of aliphatic hydroxyl groups excluding tert-OH is 1. The van der Waals surface area contributed by atoms with E-state index in [4.69, 9.17) is 28.7 Å². The van der Waals surface area contributed by atoms with Gasteiger partial charge in [0.2, 0.25) is 106 Å². The lowest BCUT2D eigenvalue weighted by molar-refractivity contribution is -0.148. The van der Waals surface area contributed by atoms with E-state index in [0.717, 1.165) is 11.8 Å². The maximum atomic E-state index is 15.5. The lowest BCUT2D eigenvalue weighted by atomic mass is 9.99. The van der Waals surface area contributed by atoms with Gasteiger partial charge in [-0.1, -0.05) is 117 Å². The summed E-state index contributed by atoms with van der Waals surface area (Å²) in [4.78, 5) is 281. The average Bonchev–Trinajstić information content (AvgIpc) is 1.62. The molecule has 4 aromatic carbocycles. The Morgan fingerprint density at radius 3 is 1.40 bits per heavy atom.